The molecule has 5 nitrogen and oxygen atoms in total. The minimum absolute atomic E-state index is 0.300. The van der Waals surface area contributed by atoms with Gasteiger partial charge in [-0.2, -0.15) is 0 Å². The largest absolute Gasteiger partial charge is 0.374 e. The lowest BCUT2D eigenvalue weighted by Gasteiger charge is -2.17. The number of nitrogens with two attached hydrogens (primary N) is 1. The van der Waals surface area contributed by atoms with Gasteiger partial charge >= 0.3 is 0 Å². The summed E-state index contributed by atoms with van der Waals surface area (Å²) >= 11 is 1.73. The third kappa shape index (κ3) is 1.82. The molecule has 2 aromatic heterocycles. The van der Waals surface area contributed by atoms with Gasteiger partial charge in [-0.05, 0) is 31.7 Å². The zero-order chi connectivity index (χ0) is 13.7. The molecule has 0 saturated carbocycles. The van der Waals surface area contributed by atoms with E-state index in [2.05, 4.69) is 23.4 Å². The van der Waals surface area contributed by atoms with Crippen LogP contribution in [0.5, 0.6) is 0 Å². The molecule has 0 amide bonds. The van der Waals surface area contributed by atoms with Gasteiger partial charge in [0.25, 0.3) is 0 Å². The van der Waals surface area contributed by atoms with E-state index in [1.807, 2.05) is 0 Å². The Morgan fingerprint density at radius 2 is 2.35 bits per heavy atom. The first-order valence-corrected chi connectivity index (χ1v) is 8.02. The second-order valence-corrected chi connectivity index (χ2v) is 6.69. The first kappa shape index (κ1) is 12.5. The number of anilines is 1. The van der Waals surface area contributed by atoms with Crippen LogP contribution < -0.4 is 11.3 Å². The molecule has 2 aliphatic rings. The van der Waals surface area contributed by atoms with Crippen molar-refractivity contribution < 1.29 is 4.74 Å². The van der Waals surface area contributed by atoms with Gasteiger partial charge in [0.05, 0.1) is 17.6 Å². The molecule has 3 atom stereocenters. The molecule has 2 bridgehead atoms. The summed E-state index contributed by atoms with van der Waals surface area (Å²) in [5, 5.41) is 1.03. The van der Waals surface area contributed by atoms with Crippen molar-refractivity contribution in [1.29, 1.82) is 0 Å². The van der Waals surface area contributed by atoms with Gasteiger partial charge in [0, 0.05) is 10.8 Å². The van der Waals surface area contributed by atoms with E-state index in [4.69, 9.17) is 15.6 Å². The molecular formula is C14H18N4OS. The van der Waals surface area contributed by atoms with Crippen molar-refractivity contribution in [3.8, 4) is 0 Å². The van der Waals surface area contributed by atoms with Crippen molar-refractivity contribution in [2.75, 3.05) is 5.43 Å². The minimum Gasteiger partial charge on any atom is -0.374 e. The Kier molecular flexibility index (Phi) is 2.90. The molecular weight excluding hydrogens is 272 g/mol. The Labute approximate surface area is 121 Å². The van der Waals surface area contributed by atoms with Crippen LogP contribution in [0, 0.1) is 0 Å². The Morgan fingerprint density at radius 1 is 1.45 bits per heavy atom. The van der Waals surface area contributed by atoms with Crippen LogP contribution >= 0.6 is 11.3 Å². The van der Waals surface area contributed by atoms with Crippen molar-refractivity contribution in [1.82, 2.24) is 9.97 Å². The number of hydrogen-bond acceptors (Lipinski definition) is 6. The summed E-state index contributed by atoms with van der Waals surface area (Å²) in [6.45, 7) is 2.15. The Bertz CT molecular complexity index is 656. The van der Waals surface area contributed by atoms with Crippen LogP contribution in [0.2, 0.25) is 0 Å². The second kappa shape index (κ2) is 4.65. The average Bonchev–Trinajstić information content (AvgIpc) is 3.19. The highest BCUT2D eigenvalue weighted by Crippen LogP contribution is 2.44. The van der Waals surface area contributed by atoms with E-state index in [0.717, 1.165) is 41.1 Å². The van der Waals surface area contributed by atoms with E-state index in [9.17, 15) is 0 Å². The highest BCUT2D eigenvalue weighted by molar-refractivity contribution is 7.18. The summed E-state index contributed by atoms with van der Waals surface area (Å²) in [5.74, 6) is 7.60. The van der Waals surface area contributed by atoms with Crippen molar-refractivity contribution in [3.05, 3.63) is 16.8 Å². The zero-order valence-electron chi connectivity index (χ0n) is 11.4. The van der Waals surface area contributed by atoms with Crippen LogP contribution in [-0.2, 0) is 11.2 Å². The molecule has 0 radical (unpaired) electrons. The molecule has 0 spiro atoms. The first-order valence-electron chi connectivity index (χ1n) is 7.21. The zero-order valence-corrected chi connectivity index (χ0v) is 12.2. The molecule has 3 unspecified atom stereocenters. The Morgan fingerprint density at radius 3 is 3.00 bits per heavy atom. The van der Waals surface area contributed by atoms with Crippen molar-refractivity contribution in [2.24, 2.45) is 5.84 Å². The summed E-state index contributed by atoms with van der Waals surface area (Å²) in [7, 11) is 0. The number of fused-ring (bicyclic) bond motifs is 3. The summed E-state index contributed by atoms with van der Waals surface area (Å²) in [6.07, 6.45) is 5.09. The monoisotopic (exact) mass is 290 g/mol. The van der Waals surface area contributed by atoms with Gasteiger partial charge in [-0.3, -0.25) is 0 Å². The maximum Gasteiger partial charge on any atom is 0.152 e. The normalized spacial score (nSPS) is 28.4. The van der Waals surface area contributed by atoms with Gasteiger partial charge < -0.3 is 10.2 Å². The summed E-state index contributed by atoms with van der Waals surface area (Å²) in [5.41, 5.74) is 2.73. The van der Waals surface area contributed by atoms with Crippen LogP contribution in [0.15, 0.2) is 6.07 Å². The SMILES string of the molecule is CCc1cc2c(NN)nc(C3CC4CCC3O4)nc2s1. The molecule has 106 valence electrons. The number of rotatable bonds is 3. The van der Waals surface area contributed by atoms with Crippen molar-refractivity contribution >= 4 is 27.4 Å². The molecule has 0 aliphatic carbocycles. The number of aryl methyl sites for hydroxylation is 1. The average molecular weight is 290 g/mol. The number of hydrazine groups is 1. The highest BCUT2D eigenvalue weighted by atomic mass is 32.1. The number of nitrogens with zero attached hydrogens (tertiary/aromatic N) is 2. The molecule has 2 aromatic rings. The topological polar surface area (TPSA) is 73.1 Å². The Balaban J connectivity index is 1.80. The second-order valence-electron chi connectivity index (χ2n) is 5.58. The van der Waals surface area contributed by atoms with E-state index in [1.54, 1.807) is 11.3 Å². The number of ether oxygens (including phenoxy) is 1. The number of aromatic nitrogens is 2. The predicted octanol–water partition coefficient (Wildman–Crippen LogP) is 2.57. The maximum absolute atomic E-state index is 5.92. The van der Waals surface area contributed by atoms with E-state index in [1.165, 1.54) is 11.3 Å². The number of nitrogens with one attached hydrogen (secondary N) is 1. The molecule has 2 fully saturated rings. The van der Waals surface area contributed by atoms with Gasteiger partial charge in [-0.25, -0.2) is 15.8 Å². The fraction of sp³-hybridized carbons (Fsp3) is 0.571. The summed E-state index contributed by atoms with van der Waals surface area (Å²) in [4.78, 5) is 11.8. The standard InChI is InChI=1S/C14H18N4OS/c1-2-8-6-10-13(18-15)16-12(17-14(10)20-8)9-5-7-3-4-11(9)19-7/h6-7,9,11H,2-5,15H2,1H3,(H,16,17,18). The summed E-state index contributed by atoms with van der Waals surface area (Å²) in [6, 6.07) is 2.14. The van der Waals surface area contributed by atoms with E-state index >= 15 is 0 Å². The number of thiophene rings is 1. The molecule has 2 aliphatic heterocycles. The van der Waals surface area contributed by atoms with Crippen molar-refractivity contribution in [2.45, 2.75) is 50.7 Å². The highest BCUT2D eigenvalue weighted by Gasteiger charge is 2.43. The van der Waals surface area contributed by atoms with E-state index in [0.29, 0.717) is 18.1 Å². The molecule has 3 N–H and O–H groups in total. The Hall–Kier alpha value is -1.24. The van der Waals surface area contributed by atoms with Crippen molar-refractivity contribution in [3.63, 3.8) is 0 Å². The van der Waals surface area contributed by atoms with Gasteiger partial charge in [0.15, 0.2) is 5.82 Å². The maximum atomic E-state index is 5.92. The molecule has 4 rings (SSSR count). The lowest BCUT2D eigenvalue weighted by atomic mass is 9.88. The molecule has 20 heavy (non-hydrogen) atoms. The summed E-state index contributed by atoms with van der Waals surface area (Å²) < 4.78 is 5.92. The third-order valence-electron chi connectivity index (χ3n) is 4.38. The molecule has 4 heterocycles. The van der Waals surface area contributed by atoms with Gasteiger partial charge in [-0.15, -0.1) is 11.3 Å². The fourth-order valence-corrected chi connectivity index (χ4v) is 4.32. The fourth-order valence-electron chi connectivity index (χ4n) is 3.35. The predicted molar refractivity (Wildman–Crippen MR) is 79.9 cm³/mol. The lowest BCUT2D eigenvalue weighted by molar-refractivity contribution is 0.0999. The van der Waals surface area contributed by atoms with E-state index < -0.39 is 0 Å². The van der Waals surface area contributed by atoms with Crippen LogP contribution in [0.3, 0.4) is 0 Å². The van der Waals surface area contributed by atoms with Crippen LogP contribution in [-0.4, -0.2) is 22.2 Å². The molecule has 2 saturated heterocycles. The van der Waals surface area contributed by atoms with Crippen LogP contribution in [0.1, 0.15) is 42.8 Å². The molecule has 0 aromatic carbocycles. The number of hydrogen-bond donors (Lipinski definition) is 2. The third-order valence-corrected chi connectivity index (χ3v) is 5.56. The smallest absolute Gasteiger partial charge is 0.152 e. The van der Waals surface area contributed by atoms with Crippen LogP contribution in [0.4, 0.5) is 5.82 Å². The number of nitrogen functional groups attached to an aromatic ring is 1. The minimum atomic E-state index is 0.300. The van der Waals surface area contributed by atoms with Gasteiger partial charge in [0.2, 0.25) is 0 Å². The van der Waals surface area contributed by atoms with E-state index in [-0.39, 0.29) is 0 Å². The first-order chi connectivity index (χ1) is 9.78. The molecule has 6 heteroatoms. The van der Waals surface area contributed by atoms with Crippen LogP contribution in [0.25, 0.3) is 10.2 Å². The lowest BCUT2D eigenvalue weighted by Crippen LogP contribution is -2.18. The van der Waals surface area contributed by atoms with Gasteiger partial charge in [-0.1, -0.05) is 6.92 Å². The van der Waals surface area contributed by atoms with Gasteiger partial charge in [0.1, 0.15) is 10.7 Å². The quantitative estimate of drug-likeness (QED) is 0.671.